The van der Waals surface area contributed by atoms with Crippen LogP contribution in [-0.2, 0) is 11.3 Å². The van der Waals surface area contributed by atoms with E-state index in [9.17, 15) is 4.79 Å². The van der Waals surface area contributed by atoms with E-state index in [4.69, 9.17) is 5.73 Å². The number of rotatable bonds is 4. The molecule has 0 aliphatic rings. The van der Waals surface area contributed by atoms with Crippen LogP contribution in [0.25, 0.3) is 5.69 Å². The summed E-state index contributed by atoms with van der Waals surface area (Å²) in [5, 5.41) is 10.7. The fourth-order valence-corrected chi connectivity index (χ4v) is 4.13. The second-order valence-electron chi connectivity index (χ2n) is 3.85. The van der Waals surface area contributed by atoms with Gasteiger partial charge in [-0.2, -0.15) is 0 Å². The number of nitrogens with two attached hydrogens (primary N) is 1. The maximum Gasteiger partial charge on any atom is 0.234 e. The molecule has 6 nitrogen and oxygen atoms in total. The summed E-state index contributed by atoms with van der Waals surface area (Å²) >= 11 is 10.4. The van der Waals surface area contributed by atoms with E-state index < -0.39 is 0 Å². The van der Waals surface area contributed by atoms with Crippen molar-refractivity contribution in [2.45, 2.75) is 6.54 Å². The molecule has 1 aromatic carbocycles. The van der Waals surface area contributed by atoms with Crippen LogP contribution in [0.2, 0.25) is 0 Å². The molecule has 9 heteroatoms. The molecule has 0 unspecified atom stereocenters. The van der Waals surface area contributed by atoms with Crippen LogP contribution in [0.3, 0.4) is 0 Å². The molecule has 2 rings (SSSR count). The lowest BCUT2D eigenvalue weighted by Crippen LogP contribution is -2.29. The molecule has 1 amide bonds. The zero-order valence-corrected chi connectivity index (χ0v) is 14.9. The maximum atomic E-state index is 11.1. The molecule has 0 saturated heterocycles. The SMILES string of the molecule is NCC(=O)NCc1cn(-c2c(Br)cc(Br)cc2Br)nn1. The predicted octanol–water partition coefficient (Wildman–Crippen LogP) is 2.13. The first kappa shape index (κ1) is 15.6. The zero-order valence-electron chi connectivity index (χ0n) is 10.1. The van der Waals surface area contributed by atoms with Gasteiger partial charge in [0.1, 0.15) is 5.69 Å². The highest BCUT2D eigenvalue weighted by Gasteiger charge is 2.11. The average Bonchev–Trinajstić information content (AvgIpc) is 2.83. The summed E-state index contributed by atoms with van der Waals surface area (Å²) < 4.78 is 4.29. The topological polar surface area (TPSA) is 85.8 Å². The fourth-order valence-electron chi connectivity index (χ4n) is 1.50. The van der Waals surface area contributed by atoms with Crippen molar-refractivity contribution in [1.29, 1.82) is 0 Å². The Morgan fingerprint density at radius 1 is 1.30 bits per heavy atom. The monoisotopic (exact) mass is 465 g/mol. The Labute approximate surface area is 140 Å². The molecule has 20 heavy (non-hydrogen) atoms. The van der Waals surface area contributed by atoms with Crippen molar-refractivity contribution >= 4 is 53.7 Å². The van der Waals surface area contributed by atoms with Crippen molar-refractivity contribution in [3.05, 3.63) is 37.4 Å². The summed E-state index contributed by atoms with van der Waals surface area (Å²) in [6.45, 7) is 0.250. The van der Waals surface area contributed by atoms with Crippen LogP contribution in [0.5, 0.6) is 0 Å². The summed E-state index contributed by atoms with van der Waals surface area (Å²) in [5.41, 5.74) is 6.69. The number of halogens is 3. The van der Waals surface area contributed by atoms with Gasteiger partial charge < -0.3 is 11.1 Å². The summed E-state index contributed by atoms with van der Waals surface area (Å²) in [6, 6.07) is 3.83. The summed E-state index contributed by atoms with van der Waals surface area (Å²) in [5.74, 6) is -0.231. The minimum absolute atomic E-state index is 0.0437. The minimum Gasteiger partial charge on any atom is -0.349 e. The molecule has 0 spiro atoms. The average molecular weight is 468 g/mol. The quantitative estimate of drug-likeness (QED) is 0.721. The third-order valence-corrected chi connectivity index (χ3v) is 4.07. The Bertz CT molecular complexity index is 620. The molecule has 0 atom stereocenters. The smallest absolute Gasteiger partial charge is 0.234 e. The van der Waals surface area contributed by atoms with Gasteiger partial charge in [0.2, 0.25) is 5.91 Å². The van der Waals surface area contributed by atoms with E-state index in [1.54, 1.807) is 10.9 Å². The molecule has 1 aromatic heterocycles. The molecular weight excluding hydrogens is 458 g/mol. The Morgan fingerprint density at radius 3 is 2.55 bits per heavy atom. The number of nitrogens with zero attached hydrogens (tertiary/aromatic N) is 3. The number of nitrogens with one attached hydrogen (secondary N) is 1. The highest BCUT2D eigenvalue weighted by Crippen LogP contribution is 2.32. The highest BCUT2D eigenvalue weighted by molar-refractivity contribution is 9.11. The van der Waals surface area contributed by atoms with Gasteiger partial charge in [0.05, 0.1) is 25.0 Å². The van der Waals surface area contributed by atoms with Crippen LogP contribution >= 0.6 is 47.8 Å². The molecule has 0 saturated carbocycles. The van der Waals surface area contributed by atoms with Crippen LogP contribution < -0.4 is 11.1 Å². The van der Waals surface area contributed by atoms with E-state index in [2.05, 4.69) is 63.4 Å². The van der Waals surface area contributed by atoms with Crippen molar-refractivity contribution in [2.24, 2.45) is 5.73 Å². The predicted molar refractivity (Wildman–Crippen MR) is 85.4 cm³/mol. The maximum absolute atomic E-state index is 11.1. The molecule has 0 aliphatic heterocycles. The van der Waals surface area contributed by atoms with E-state index in [-0.39, 0.29) is 12.5 Å². The largest absolute Gasteiger partial charge is 0.349 e. The summed E-state index contributed by atoms with van der Waals surface area (Å²) in [4.78, 5) is 11.1. The molecule has 106 valence electrons. The molecule has 3 N–H and O–H groups in total. The van der Waals surface area contributed by atoms with E-state index in [0.717, 1.165) is 19.1 Å². The Hall–Kier alpha value is -0.770. The number of hydrogen-bond donors (Lipinski definition) is 2. The number of carbonyl (C=O) groups is 1. The first-order chi connectivity index (χ1) is 9.51. The third kappa shape index (κ3) is 3.66. The van der Waals surface area contributed by atoms with E-state index >= 15 is 0 Å². The molecule has 2 aromatic rings. The molecule has 0 radical (unpaired) electrons. The van der Waals surface area contributed by atoms with E-state index in [1.807, 2.05) is 12.1 Å². The van der Waals surface area contributed by atoms with E-state index in [1.165, 1.54) is 0 Å². The van der Waals surface area contributed by atoms with Crippen LogP contribution in [0, 0.1) is 0 Å². The van der Waals surface area contributed by atoms with Gasteiger partial charge in [-0.05, 0) is 44.0 Å². The second kappa shape index (κ2) is 6.79. The minimum atomic E-state index is -0.231. The van der Waals surface area contributed by atoms with Gasteiger partial charge in [0.25, 0.3) is 0 Å². The summed E-state index contributed by atoms with van der Waals surface area (Å²) in [7, 11) is 0. The second-order valence-corrected chi connectivity index (χ2v) is 6.48. The van der Waals surface area contributed by atoms with Crippen molar-refractivity contribution in [2.75, 3.05) is 6.54 Å². The Balaban J connectivity index is 2.23. The fraction of sp³-hybridized carbons (Fsp3) is 0.182. The number of amides is 1. The van der Waals surface area contributed by atoms with Crippen LogP contribution in [0.1, 0.15) is 5.69 Å². The Morgan fingerprint density at radius 2 is 1.95 bits per heavy atom. The molecular formula is C11H10Br3N5O. The number of carbonyl (C=O) groups excluding carboxylic acids is 1. The number of aromatic nitrogens is 3. The number of hydrogen-bond acceptors (Lipinski definition) is 4. The van der Waals surface area contributed by atoms with Gasteiger partial charge >= 0.3 is 0 Å². The van der Waals surface area contributed by atoms with Gasteiger partial charge in [0, 0.05) is 13.4 Å². The van der Waals surface area contributed by atoms with Crippen molar-refractivity contribution in [3.63, 3.8) is 0 Å². The van der Waals surface area contributed by atoms with Gasteiger partial charge in [-0.3, -0.25) is 4.79 Å². The van der Waals surface area contributed by atoms with Crippen molar-refractivity contribution in [1.82, 2.24) is 20.3 Å². The molecule has 1 heterocycles. The normalized spacial score (nSPS) is 10.6. The van der Waals surface area contributed by atoms with Gasteiger partial charge in [-0.1, -0.05) is 21.1 Å². The lowest BCUT2D eigenvalue weighted by molar-refractivity contribution is -0.119. The van der Waals surface area contributed by atoms with Gasteiger partial charge in [-0.25, -0.2) is 4.68 Å². The van der Waals surface area contributed by atoms with Crippen molar-refractivity contribution < 1.29 is 4.79 Å². The van der Waals surface area contributed by atoms with Crippen molar-refractivity contribution in [3.8, 4) is 5.69 Å². The van der Waals surface area contributed by atoms with Gasteiger partial charge in [-0.15, -0.1) is 5.10 Å². The standard InChI is InChI=1S/C11H10Br3N5O/c12-6-1-8(13)11(9(14)2-6)19-5-7(17-18-19)4-16-10(20)3-15/h1-2,5H,3-4,15H2,(H,16,20). The molecule has 0 fully saturated rings. The number of benzene rings is 1. The van der Waals surface area contributed by atoms with Gasteiger partial charge in [0.15, 0.2) is 0 Å². The van der Waals surface area contributed by atoms with E-state index in [0.29, 0.717) is 12.2 Å². The lowest BCUT2D eigenvalue weighted by atomic mass is 10.3. The lowest BCUT2D eigenvalue weighted by Gasteiger charge is -2.07. The molecule has 0 aliphatic carbocycles. The van der Waals surface area contributed by atoms with Crippen LogP contribution in [0.4, 0.5) is 0 Å². The zero-order chi connectivity index (χ0) is 14.7. The van der Waals surface area contributed by atoms with Crippen LogP contribution in [0.15, 0.2) is 31.7 Å². The Kier molecular flexibility index (Phi) is 5.30. The first-order valence-corrected chi connectivity index (χ1v) is 7.92. The first-order valence-electron chi connectivity index (χ1n) is 5.54. The molecule has 0 bridgehead atoms. The highest BCUT2D eigenvalue weighted by atomic mass is 79.9. The summed E-state index contributed by atoms with van der Waals surface area (Å²) in [6.07, 6.45) is 1.75. The third-order valence-electron chi connectivity index (χ3n) is 2.40. The van der Waals surface area contributed by atoms with Crippen LogP contribution in [-0.4, -0.2) is 27.4 Å².